The molecule has 0 radical (unpaired) electrons. The van der Waals surface area contributed by atoms with E-state index in [0.29, 0.717) is 22.3 Å². The molecule has 1 N–H and O–H groups in total. The molecule has 0 spiro atoms. The van der Waals surface area contributed by atoms with E-state index < -0.39 is 23.9 Å². The molecule has 0 aliphatic carbocycles. The van der Waals surface area contributed by atoms with Gasteiger partial charge in [-0.25, -0.2) is 4.90 Å². The van der Waals surface area contributed by atoms with Crippen LogP contribution >= 0.6 is 0 Å². The van der Waals surface area contributed by atoms with Gasteiger partial charge < -0.3 is 0 Å². The summed E-state index contributed by atoms with van der Waals surface area (Å²) in [4.78, 5) is 41.8. The first-order valence-electron chi connectivity index (χ1n) is 11.4. The van der Waals surface area contributed by atoms with E-state index in [1.165, 1.54) is 9.91 Å². The molecule has 0 unspecified atom stereocenters. The minimum atomic E-state index is -0.905. The van der Waals surface area contributed by atoms with Crippen molar-refractivity contribution >= 4 is 23.7 Å². The van der Waals surface area contributed by atoms with E-state index in [4.69, 9.17) is 0 Å². The number of nitrogens with one attached hydrogen (secondary N) is 1. The summed E-state index contributed by atoms with van der Waals surface area (Å²) in [5.41, 5.74) is 1.87. The predicted octanol–water partition coefficient (Wildman–Crippen LogP) is 4.68. The predicted molar refractivity (Wildman–Crippen MR) is 136 cm³/mol. The zero-order chi connectivity index (χ0) is 24.9. The van der Waals surface area contributed by atoms with E-state index in [1.807, 2.05) is 42.5 Å². The summed E-state index contributed by atoms with van der Waals surface area (Å²) in [6.45, 7) is 0. The second kappa shape index (κ2) is 10.1. The smallest absolute Gasteiger partial charge is 0.276 e. The number of hydrazone groups is 1. The molecule has 0 saturated heterocycles. The van der Waals surface area contributed by atoms with E-state index in [1.54, 1.807) is 78.9 Å². The lowest BCUT2D eigenvalue weighted by molar-refractivity contribution is 0.0529. The van der Waals surface area contributed by atoms with Crippen LogP contribution in [0.15, 0.2) is 126 Å². The lowest BCUT2D eigenvalue weighted by Crippen LogP contribution is -2.47. The Morgan fingerprint density at radius 2 is 1.03 bits per heavy atom. The molecular formula is C29H22N4O3. The Bertz CT molecular complexity index is 1410. The number of rotatable bonds is 4. The van der Waals surface area contributed by atoms with Gasteiger partial charge >= 0.3 is 0 Å². The highest BCUT2D eigenvalue weighted by Gasteiger charge is 2.43. The molecule has 4 aromatic rings. The standard InChI is InChI=1S/C29H22N4O3/c34-25(21-13-5-1-6-14-21)30-29-31-33(28(36)24-19-11-4-12-20-24)26(22-15-7-2-8-16-22)32(29)27(35)23-17-9-3-10-18-23/h1-20,26H,(H,30,31,34)/t26-/m1/s1. The molecule has 1 aliphatic heterocycles. The van der Waals surface area contributed by atoms with Crippen LogP contribution in [0, 0.1) is 0 Å². The average Bonchev–Trinajstić information content (AvgIpc) is 3.33. The molecule has 1 heterocycles. The quantitative estimate of drug-likeness (QED) is 0.466. The first-order chi connectivity index (χ1) is 17.6. The van der Waals surface area contributed by atoms with E-state index in [0.717, 1.165) is 0 Å². The van der Waals surface area contributed by atoms with Gasteiger partial charge in [0.15, 0.2) is 6.17 Å². The Morgan fingerprint density at radius 3 is 1.56 bits per heavy atom. The second-order valence-electron chi connectivity index (χ2n) is 8.09. The number of nitrogens with zero attached hydrogens (tertiary/aromatic N) is 3. The lowest BCUT2D eigenvalue weighted by atomic mass is 10.1. The number of hydrogen-bond acceptors (Lipinski definition) is 4. The Balaban J connectivity index is 1.61. The summed E-state index contributed by atoms with van der Waals surface area (Å²) in [6, 6.07) is 35.2. The number of hydrogen-bond donors (Lipinski definition) is 1. The molecule has 176 valence electrons. The number of amides is 3. The summed E-state index contributed by atoms with van der Waals surface area (Å²) in [5, 5.41) is 8.49. The summed E-state index contributed by atoms with van der Waals surface area (Å²) in [7, 11) is 0. The van der Waals surface area contributed by atoms with Crippen LogP contribution in [0.5, 0.6) is 0 Å². The van der Waals surface area contributed by atoms with Crippen LogP contribution in [-0.2, 0) is 0 Å². The Labute approximate surface area is 208 Å². The SMILES string of the molecule is O=C(NC1=NN(C(=O)c2ccccc2)[C@H](c2ccccc2)N1C(=O)c1ccccc1)c1ccccc1. The summed E-state index contributed by atoms with van der Waals surface area (Å²) in [6.07, 6.45) is -0.905. The fourth-order valence-electron chi connectivity index (χ4n) is 3.99. The van der Waals surface area contributed by atoms with Gasteiger partial charge in [0, 0.05) is 16.7 Å². The normalized spacial score (nSPS) is 14.8. The monoisotopic (exact) mass is 474 g/mol. The summed E-state index contributed by atoms with van der Waals surface area (Å²) >= 11 is 0. The zero-order valence-electron chi connectivity index (χ0n) is 19.2. The number of guanidine groups is 1. The minimum Gasteiger partial charge on any atom is -0.290 e. The molecule has 0 saturated carbocycles. The van der Waals surface area contributed by atoms with E-state index in [2.05, 4.69) is 10.4 Å². The van der Waals surface area contributed by atoms with Gasteiger partial charge in [0.25, 0.3) is 17.7 Å². The van der Waals surface area contributed by atoms with Crippen molar-refractivity contribution < 1.29 is 14.4 Å². The van der Waals surface area contributed by atoms with Crippen LogP contribution in [0.3, 0.4) is 0 Å². The van der Waals surface area contributed by atoms with Gasteiger partial charge in [-0.05, 0) is 42.0 Å². The number of benzene rings is 4. The molecule has 36 heavy (non-hydrogen) atoms. The Morgan fingerprint density at radius 1 is 0.583 bits per heavy atom. The first-order valence-corrected chi connectivity index (χ1v) is 11.4. The van der Waals surface area contributed by atoms with Crippen LogP contribution in [-0.4, -0.2) is 33.6 Å². The third kappa shape index (κ3) is 4.50. The molecule has 0 aromatic heterocycles. The third-order valence-electron chi connectivity index (χ3n) is 5.73. The van der Waals surface area contributed by atoms with Crippen molar-refractivity contribution in [2.24, 2.45) is 5.10 Å². The minimum absolute atomic E-state index is 0.0316. The Kier molecular flexibility index (Phi) is 6.36. The summed E-state index contributed by atoms with van der Waals surface area (Å²) in [5.74, 6) is -1.28. The second-order valence-corrected chi connectivity index (χ2v) is 8.09. The van der Waals surface area contributed by atoms with Gasteiger partial charge in [-0.1, -0.05) is 84.9 Å². The van der Waals surface area contributed by atoms with Crippen molar-refractivity contribution in [1.29, 1.82) is 0 Å². The van der Waals surface area contributed by atoms with Crippen molar-refractivity contribution in [3.05, 3.63) is 144 Å². The van der Waals surface area contributed by atoms with Crippen LogP contribution in [0.25, 0.3) is 0 Å². The number of carbonyl (C=O) groups excluding carboxylic acids is 3. The zero-order valence-corrected chi connectivity index (χ0v) is 19.2. The van der Waals surface area contributed by atoms with E-state index in [9.17, 15) is 14.4 Å². The first kappa shape index (κ1) is 22.7. The molecule has 7 nitrogen and oxygen atoms in total. The van der Waals surface area contributed by atoms with Crippen molar-refractivity contribution in [1.82, 2.24) is 15.2 Å². The average molecular weight is 475 g/mol. The maximum Gasteiger partial charge on any atom is 0.276 e. The van der Waals surface area contributed by atoms with Gasteiger partial charge in [0.05, 0.1) is 0 Å². The van der Waals surface area contributed by atoms with Crippen LogP contribution in [0.4, 0.5) is 0 Å². The Hall–Kier alpha value is -5.04. The highest BCUT2D eigenvalue weighted by atomic mass is 16.2. The molecule has 3 amide bonds. The van der Waals surface area contributed by atoms with Crippen LogP contribution in [0.1, 0.15) is 42.8 Å². The highest BCUT2D eigenvalue weighted by molar-refractivity contribution is 6.14. The maximum absolute atomic E-state index is 13.8. The van der Waals surface area contributed by atoms with Gasteiger partial charge in [-0.3, -0.25) is 19.7 Å². The fourth-order valence-corrected chi connectivity index (χ4v) is 3.99. The van der Waals surface area contributed by atoms with Crippen molar-refractivity contribution in [2.45, 2.75) is 6.17 Å². The topological polar surface area (TPSA) is 82.1 Å². The summed E-state index contributed by atoms with van der Waals surface area (Å²) < 4.78 is 0. The number of carbonyl (C=O) groups is 3. The molecule has 1 aliphatic rings. The molecule has 1 atom stereocenters. The van der Waals surface area contributed by atoms with E-state index in [-0.39, 0.29) is 5.96 Å². The largest absolute Gasteiger partial charge is 0.290 e. The van der Waals surface area contributed by atoms with Gasteiger partial charge in [-0.15, -0.1) is 5.10 Å². The molecule has 0 fully saturated rings. The molecule has 4 aromatic carbocycles. The van der Waals surface area contributed by atoms with Crippen molar-refractivity contribution in [2.75, 3.05) is 0 Å². The van der Waals surface area contributed by atoms with E-state index >= 15 is 0 Å². The molecule has 5 rings (SSSR count). The van der Waals surface area contributed by atoms with Crippen molar-refractivity contribution in [3.63, 3.8) is 0 Å². The van der Waals surface area contributed by atoms with Gasteiger partial charge in [-0.2, -0.15) is 5.01 Å². The maximum atomic E-state index is 13.8. The fraction of sp³-hybridized carbons (Fsp3) is 0.0345. The van der Waals surface area contributed by atoms with Gasteiger partial charge in [0.2, 0.25) is 5.96 Å². The molecule has 7 heteroatoms. The highest BCUT2D eigenvalue weighted by Crippen LogP contribution is 2.33. The molecule has 0 bridgehead atoms. The van der Waals surface area contributed by atoms with Crippen LogP contribution in [0.2, 0.25) is 0 Å². The van der Waals surface area contributed by atoms with Crippen molar-refractivity contribution in [3.8, 4) is 0 Å². The lowest BCUT2D eigenvalue weighted by Gasteiger charge is -2.29. The van der Waals surface area contributed by atoms with Gasteiger partial charge in [0.1, 0.15) is 0 Å². The third-order valence-corrected chi connectivity index (χ3v) is 5.73. The van der Waals surface area contributed by atoms with Crippen LogP contribution < -0.4 is 5.32 Å². The molecular weight excluding hydrogens is 452 g/mol.